The van der Waals surface area contributed by atoms with E-state index >= 15 is 0 Å². The molecular formula is C18H25N3O3. The predicted octanol–water partition coefficient (Wildman–Crippen LogP) is 1.77. The van der Waals surface area contributed by atoms with E-state index in [1.165, 1.54) is 0 Å². The zero-order valence-corrected chi connectivity index (χ0v) is 14.5. The van der Waals surface area contributed by atoms with Gasteiger partial charge in [-0.2, -0.15) is 0 Å². The van der Waals surface area contributed by atoms with Crippen LogP contribution in [0.15, 0.2) is 22.7 Å². The lowest BCUT2D eigenvalue weighted by molar-refractivity contribution is -0.118. The van der Waals surface area contributed by atoms with Crippen LogP contribution in [0.2, 0.25) is 0 Å². The standard InChI is InChI=1S/C18H25N3O3/c1-13-5-4-6-14-15(13)24-21-16(14)17(2,3)20-10-18(11-22)9-19-7-8-23-12-18/h4-6,11,19-20H,7-10,12H2,1-3H3. The second-order valence-corrected chi connectivity index (χ2v) is 7.17. The fraction of sp³-hybridized carbons (Fsp3) is 0.556. The normalized spacial score (nSPS) is 22.5. The van der Waals surface area contributed by atoms with Gasteiger partial charge in [0, 0.05) is 25.0 Å². The van der Waals surface area contributed by atoms with Gasteiger partial charge >= 0.3 is 0 Å². The number of fused-ring (bicyclic) bond motifs is 1. The number of carbonyl (C=O) groups is 1. The zero-order valence-electron chi connectivity index (χ0n) is 14.5. The van der Waals surface area contributed by atoms with Gasteiger partial charge in [-0.05, 0) is 32.4 Å². The highest BCUT2D eigenvalue weighted by Gasteiger charge is 2.35. The van der Waals surface area contributed by atoms with Crippen LogP contribution < -0.4 is 10.6 Å². The number of ether oxygens (including phenoxy) is 1. The molecule has 0 radical (unpaired) electrons. The van der Waals surface area contributed by atoms with Crippen LogP contribution in [-0.2, 0) is 15.1 Å². The van der Waals surface area contributed by atoms with Crippen molar-refractivity contribution in [2.24, 2.45) is 5.41 Å². The molecule has 0 bridgehead atoms. The lowest BCUT2D eigenvalue weighted by Gasteiger charge is -2.32. The summed E-state index contributed by atoms with van der Waals surface area (Å²) in [6.45, 7) is 9.05. The number of nitrogens with zero attached hydrogens (tertiary/aromatic N) is 1. The molecular weight excluding hydrogens is 306 g/mol. The van der Waals surface area contributed by atoms with E-state index in [1.54, 1.807) is 0 Å². The van der Waals surface area contributed by atoms with Gasteiger partial charge in [-0.3, -0.25) is 0 Å². The molecule has 1 aromatic heterocycles. The summed E-state index contributed by atoms with van der Waals surface area (Å²) in [7, 11) is 0. The van der Waals surface area contributed by atoms with Crippen molar-refractivity contribution in [1.29, 1.82) is 0 Å². The van der Waals surface area contributed by atoms with Crippen molar-refractivity contribution in [1.82, 2.24) is 15.8 Å². The van der Waals surface area contributed by atoms with Crippen LogP contribution in [0, 0.1) is 12.3 Å². The van der Waals surface area contributed by atoms with Crippen LogP contribution in [-0.4, -0.2) is 44.3 Å². The molecule has 1 aliphatic heterocycles. The summed E-state index contributed by atoms with van der Waals surface area (Å²) >= 11 is 0. The van der Waals surface area contributed by atoms with E-state index < -0.39 is 11.0 Å². The highest BCUT2D eigenvalue weighted by Crippen LogP contribution is 2.30. The van der Waals surface area contributed by atoms with Gasteiger partial charge in [-0.1, -0.05) is 17.3 Å². The van der Waals surface area contributed by atoms with Crippen LogP contribution in [0.5, 0.6) is 0 Å². The summed E-state index contributed by atoms with van der Waals surface area (Å²) in [5.74, 6) is 0. The first-order valence-electron chi connectivity index (χ1n) is 8.33. The monoisotopic (exact) mass is 331 g/mol. The Morgan fingerprint density at radius 1 is 1.46 bits per heavy atom. The molecule has 6 nitrogen and oxygen atoms in total. The molecule has 0 spiro atoms. The van der Waals surface area contributed by atoms with Crippen molar-refractivity contribution < 1.29 is 14.1 Å². The molecule has 2 heterocycles. The summed E-state index contributed by atoms with van der Waals surface area (Å²) in [4.78, 5) is 11.7. The van der Waals surface area contributed by atoms with Gasteiger partial charge in [0.25, 0.3) is 0 Å². The van der Waals surface area contributed by atoms with Gasteiger partial charge in [0.15, 0.2) is 5.58 Å². The average Bonchev–Trinajstić information content (AvgIpc) is 2.88. The molecule has 24 heavy (non-hydrogen) atoms. The molecule has 1 fully saturated rings. The van der Waals surface area contributed by atoms with Crippen LogP contribution in [0.25, 0.3) is 11.0 Å². The van der Waals surface area contributed by atoms with E-state index in [2.05, 4.69) is 29.6 Å². The Morgan fingerprint density at radius 3 is 3.08 bits per heavy atom. The van der Waals surface area contributed by atoms with E-state index in [1.807, 2.05) is 25.1 Å². The van der Waals surface area contributed by atoms with Gasteiger partial charge in [-0.15, -0.1) is 0 Å². The smallest absolute Gasteiger partial charge is 0.170 e. The van der Waals surface area contributed by atoms with E-state index in [0.29, 0.717) is 26.3 Å². The molecule has 1 unspecified atom stereocenters. The Kier molecular flexibility index (Phi) is 4.71. The van der Waals surface area contributed by atoms with Crippen LogP contribution in [0.3, 0.4) is 0 Å². The minimum Gasteiger partial charge on any atom is -0.379 e. The summed E-state index contributed by atoms with van der Waals surface area (Å²) < 4.78 is 11.1. The lowest BCUT2D eigenvalue weighted by atomic mass is 9.88. The van der Waals surface area contributed by atoms with Crippen molar-refractivity contribution in [3.63, 3.8) is 0 Å². The van der Waals surface area contributed by atoms with Crippen molar-refractivity contribution in [2.75, 3.05) is 32.8 Å². The Labute approximate surface area is 141 Å². The zero-order chi connectivity index (χ0) is 17.2. The number of rotatable bonds is 5. The third-order valence-electron chi connectivity index (χ3n) is 4.71. The van der Waals surface area contributed by atoms with E-state index in [4.69, 9.17) is 9.26 Å². The first-order chi connectivity index (χ1) is 11.5. The summed E-state index contributed by atoms with van der Waals surface area (Å²) in [5.41, 5.74) is 1.73. The molecule has 6 heteroatoms. The Bertz CT molecular complexity index is 715. The van der Waals surface area contributed by atoms with Gasteiger partial charge in [-0.25, -0.2) is 0 Å². The van der Waals surface area contributed by atoms with Gasteiger partial charge < -0.3 is 24.7 Å². The topological polar surface area (TPSA) is 76.4 Å². The Morgan fingerprint density at radius 2 is 2.29 bits per heavy atom. The third-order valence-corrected chi connectivity index (χ3v) is 4.71. The number of hydrogen-bond acceptors (Lipinski definition) is 6. The molecule has 0 saturated carbocycles. The fourth-order valence-electron chi connectivity index (χ4n) is 3.07. The number of nitrogens with one attached hydrogen (secondary N) is 2. The van der Waals surface area contributed by atoms with Crippen LogP contribution >= 0.6 is 0 Å². The largest absolute Gasteiger partial charge is 0.379 e. The molecule has 130 valence electrons. The minimum atomic E-state index is -0.566. The Hall–Kier alpha value is -1.76. The maximum absolute atomic E-state index is 11.7. The molecule has 3 rings (SSSR count). The van der Waals surface area contributed by atoms with E-state index in [0.717, 1.165) is 35.1 Å². The minimum absolute atomic E-state index is 0.422. The number of aldehydes is 1. The molecule has 0 amide bonds. The summed E-state index contributed by atoms with van der Waals surface area (Å²) in [6, 6.07) is 6.03. The number of aryl methyl sites for hydroxylation is 1. The number of benzene rings is 1. The molecule has 0 aliphatic carbocycles. The molecule has 1 aromatic carbocycles. The summed E-state index contributed by atoms with van der Waals surface area (Å²) in [5, 5.41) is 12.0. The highest BCUT2D eigenvalue weighted by atomic mass is 16.5. The third kappa shape index (κ3) is 3.22. The number of para-hydroxylation sites is 1. The summed E-state index contributed by atoms with van der Waals surface area (Å²) in [6.07, 6.45) is 0.999. The fourth-order valence-corrected chi connectivity index (χ4v) is 3.07. The molecule has 2 N–H and O–H groups in total. The van der Waals surface area contributed by atoms with Gasteiger partial charge in [0.05, 0.1) is 24.2 Å². The van der Waals surface area contributed by atoms with Gasteiger partial charge in [0.1, 0.15) is 12.0 Å². The first kappa shape index (κ1) is 17.1. The van der Waals surface area contributed by atoms with Crippen molar-refractivity contribution in [3.05, 3.63) is 29.5 Å². The SMILES string of the molecule is Cc1cccc2c(C(C)(C)NCC3(C=O)CNCCOC3)noc12. The lowest BCUT2D eigenvalue weighted by Crippen LogP contribution is -2.50. The van der Waals surface area contributed by atoms with Gasteiger partial charge in [0.2, 0.25) is 0 Å². The van der Waals surface area contributed by atoms with E-state index in [-0.39, 0.29) is 0 Å². The van der Waals surface area contributed by atoms with Crippen molar-refractivity contribution in [3.8, 4) is 0 Å². The van der Waals surface area contributed by atoms with Crippen molar-refractivity contribution >= 4 is 17.3 Å². The Balaban J connectivity index is 1.82. The van der Waals surface area contributed by atoms with Crippen molar-refractivity contribution in [2.45, 2.75) is 26.3 Å². The van der Waals surface area contributed by atoms with Crippen LogP contribution in [0.4, 0.5) is 0 Å². The number of aromatic nitrogens is 1. The van der Waals surface area contributed by atoms with E-state index in [9.17, 15) is 4.79 Å². The predicted molar refractivity (Wildman–Crippen MR) is 92.0 cm³/mol. The molecule has 2 aromatic rings. The van der Waals surface area contributed by atoms with Crippen LogP contribution in [0.1, 0.15) is 25.1 Å². The quantitative estimate of drug-likeness (QED) is 0.813. The molecule has 1 atom stereocenters. The first-order valence-corrected chi connectivity index (χ1v) is 8.33. The second kappa shape index (κ2) is 6.63. The number of carbonyl (C=O) groups excluding carboxylic acids is 1. The maximum atomic E-state index is 11.7. The second-order valence-electron chi connectivity index (χ2n) is 7.17. The molecule has 1 saturated heterocycles. The molecule has 1 aliphatic rings. The average molecular weight is 331 g/mol. The number of hydrogen-bond donors (Lipinski definition) is 2. The maximum Gasteiger partial charge on any atom is 0.170 e. The highest BCUT2D eigenvalue weighted by molar-refractivity contribution is 5.83.